The van der Waals surface area contributed by atoms with Gasteiger partial charge in [-0.1, -0.05) is 48.9 Å². The zero-order valence-corrected chi connectivity index (χ0v) is 20.2. The zero-order valence-electron chi connectivity index (χ0n) is 18.6. The Labute approximate surface area is 208 Å². The lowest BCUT2D eigenvalue weighted by atomic mass is 9.89. The maximum Gasteiger partial charge on any atom is 0.410 e. The molecule has 0 fully saturated rings. The second-order valence-electron chi connectivity index (χ2n) is 8.98. The van der Waals surface area contributed by atoms with Crippen molar-refractivity contribution < 1.29 is 18.0 Å². The number of nitrogens with one attached hydrogen (secondary N) is 2. The molecule has 0 saturated carbocycles. The van der Waals surface area contributed by atoms with Gasteiger partial charge in [0.05, 0.1) is 11.6 Å². The van der Waals surface area contributed by atoms with Crippen LogP contribution in [0.5, 0.6) is 0 Å². The number of nitrogens with zero attached hydrogens (tertiary/aromatic N) is 3. The summed E-state index contributed by atoms with van der Waals surface area (Å²) in [5.74, 6) is -0.327. The number of aromatic nitrogens is 2. The van der Waals surface area contributed by atoms with E-state index in [0.717, 1.165) is 34.4 Å². The van der Waals surface area contributed by atoms with Crippen molar-refractivity contribution in [1.29, 1.82) is 5.26 Å². The van der Waals surface area contributed by atoms with Gasteiger partial charge in [0.25, 0.3) is 5.91 Å². The molecule has 182 valence electrons. The van der Waals surface area contributed by atoms with Gasteiger partial charge in [-0.15, -0.1) is 11.3 Å². The third-order valence-corrected chi connectivity index (χ3v) is 8.09. The number of hydrogen-bond acceptors (Lipinski definition) is 5. The van der Waals surface area contributed by atoms with Crippen LogP contribution in [0, 0.1) is 17.2 Å². The summed E-state index contributed by atoms with van der Waals surface area (Å²) < 4.78 is 42.7. The first-order chi connectivity index (χ1) is 16.7. The van der Waals surface area contributed by atoms with E-state index < -0.39 is 24.2 Å². The molecule has 0 spiro atoms. The Morgan fingerprint density at radius 2 is 2.09 bits per heavy atom. The van der Waals surface area contributed by atoms with Crippen LogP contribution in [0.25, 0.3) is 0 Å². The predicted octanol–water partition coefficient (Wildman–Crippen LogP) is 6.51. The van der Waals surface area contributed by atoms with E-state index in [9.17, 15) is 23.2 Å². The van der Waals surface area contributed by atoms with Crippen molar-refractivity contribution in [3.05, 3.63) is 62.6 Å². The third-order valence-electron chi connectivity index (χ3n) is 6.56. The van der Waals surface area contributed by atoms with Crippen LogP contribution >= 0.6 is 22.9 Å². The van der Waals surface area contributed by atoms with Gasteiger partial charge in [-0.05, 0) is 36.3 Å². The molecule has 3 atom stereocenters. The van der Waals surface area contributed by atoms with Crippen LogP contribution in [0.3, 0.4) is 0 Å². The molecule has 35 heavy (non-hydrogen) atoms. The van der Waals surface area contributed by atoms with Gasteiger partial charge in [0.1, 0.15) is 21.9 Å². The number of nitriles is 1. The standard InChI is InChI=1S/C24H21ClF3N5OS/c1-12-7-8-14-15(11-29)23(35-17(14)9-12)31-22(34)20-19(25)21-30-16(13-5-3-2-4-6-13)10-18(24(26,27)28)33(21)32-20/h2-6,12,16,18,30H,7-10H2,1H3,(H,31,34)/t12-,16+,18+/m1/s1. The van der Waals surface area contributed by atoms with Crippen LogP contribution in [0.2, 0.25) is 5.02 Å². The number of hydrogen-bond donors (Lipinski definition) is 2. The number of fused-ring (bicyclic) bond motifs is 2. The minimum Gasteiger partial charge on any atom is -0.362 e. The highest BCUT2D eigenvalue weighted by Gasteiger charge is 2.48. The fourth-order valence-electron chi connectivity index (χ4n) is 4.76. The number of benzene rings is 1. The van der Waals surface area contributed by atoms with Crippen LogP contribution in [0.1, 0.15) is 63.9 Å². The van der Waals surface area contributed by atoms with E-state index in [1.54, 1.807) is 30.3 Å². The van der Waals surface area contributed by atoms with Crippen LogP contribution in [-0.4, -0.2) is 21.9 Å². The van der Waals surface area contributed by atoms with E-state index in [2.05, 4.69) is 28.7 Å². The Kier molecular flexibility index (Phi) is 6.01. The molecule has 0 unspecified atom stereocenters. The van der Waals surface area contributed by atoms with Crippen molar-refractivity contribution in [2.24, 2.45) is 5.92 Å². The summed E-state index contributed by atoms with van der Waals surface area (Å²) in [5, 5.41) is 19.6. The molecular formula is C24H21ClF3N5OS. The summed E-state index contributed by atoms with van der Waals surface area (Å²) in [5.41, 5.74) is 1.69. The smallest absolute Gasteiger partial charge is 0.362 e. The first kappa shape index (κ1) is 23.7. The number of alkyl halides is 3. The van der Waals surface area contributed by atoms with Crippen molar-refractivity contribution in [3.8, 4) is 6.07 Å². The SMILES string of the molecule is C[C@@H]1CCc2c(sc(NC(=O)c3nn4c(c3Cl)N[C@H](c3ccccc3)C[C@H]4C(F)(F)F)c2C#N)C1. The number of amides is 1. The van der Waals surface area contributed by atoms with Gasteiger partial charge in [0, 0.05) is 11.3 Å². The van der Waals surface area contributed by atoms with Crippen LogP contribution in [0.15, 0.2) is 30.3 Å². The van der Waals surface area contributed by atoms with Crippen molar-refractivity contribution in [3.63, 3.8) is 0 Å². The molecule has 3 aromatic rings. The molecule has 2 N–H and O–H groups in total. The van der Waals surface area contributed by atoms with Crippen LogP contribution in [-0.2, 0) is 12.8 Å². The highest BCUT2D eigenvalue weighted by molar-refractivity contribution is 7.16. The van der Waals surface area contributed by atoms with Crippen molar-refractivity contribution in [1.82, 2.24) is 9.78 Å². The largest absolute Gasteiger partial charge is 0.410 e. The molecule has 2 aliphatic rings. The van der Waals surface area contributed by atoms with Gasteiger partial charge in [0.15, 0.2) is 11.7 Å². The lowest BCUT2D eigenvalue weighted by Crippen LogP contribution is -2.35. The number of rotatable bonds is 3. The fraction of sp³-hybridized carbons (Fsp3) is 0.375. The molecule has 0 bridgehead atoms. The number of carbonyl (C=O) groups is 1. The number of anilines is 2. The second-order valence-corrected chi connectivity index (χ2v) is 10.5. The first-order valence-corrected chi connectivity index (χ1v) is 12.4. The summed E-state index contributed by atoms with van der Waals surface area (Å²) >= 11 is 7.76. The van der Waals surface area contributed by atoms with E-state index in [-0.39, 0.29) is 23.0 Å². The zero-order chi connectivity index (χ0) is 24.9. The number of halogens is 4. The monoisotopic (exact) mass is 519 g/mol. The number of carbonyl (C=O) groups excluding carboxylic acids is 1. The van der Waals surface area contributed by atoms with Crippen molar-refractivity contribution in [2.45, 2.75) is 50.9 Å². The Morgan fingerprint density at radius 3 is 2.77 bits per heavy atom. The maximum atomic E-state index is 14.0. The molecule has 6 nitrogen and oxygen atoms in total. The molecule has 11 heteroatoms. The molecule has 1 aliphatic heterocycles. The summed E-state index contributed by atoms with van der Waals surface area (Å²) in [7, 11) is 0. The normalized spacial score (nSPS) is 21.4. The molecule has 0 saturated heterocycles. The predicted molar refractivity (Wildman–Crippen MR) is 128 cm³/mol. The third kappa shape index (κ3) is 4.28. The molecule has 2 aromatic heterocycles. The van der Waals surface area contributed by atoms with E-state index in [1.807, 2.05) is 0 Å². The Bertz CT molecular complexity index is 1330. The molecule has 1 amide bonds. The molecule has 1 aliphatic carbocycles. The van der Waals surface area contributed by atoms with Crippen molar-refractivity contribution >= 4 is 39.7 Å². The lowest BCUT2D eigenvalue weighted by Gasteiger charge is -2.33. The van der Waals surface area contributed by atoms with E-state index >= 15 is 0 Å². The summed E-state index contributed by atoms with van der Waals surface area (Å²) in [6.45, 7) is 2.13. The van der Waals surface area contributed by atoms with E-state index in [4.69, 9.17) is 11.6 Å². The molecular weight excluding hydrogens is 499 g/mol. The Morgan fingerprint density at radius 1 is 1.34 bits per heavy atom. The van der Waals surface area contributed by atoms with E-state index in [0.29, 0.717) is 22.0 Å². The minimum absolute atomic E-state index is 0.0564. The summed E-state index contributed by atoms with van der Waals surface area (Å²) in [4.78, 5) is 14.2. The summed E-state index contributed by atoms with van der Waals surface area (Å²) in [6.07, 6.45) is -2.36. The number of thiophene rings is 1. The average Bonchev–Trinajstić information content (AvgIpc) is 3.34. The second kappa shape index (κ2) is 8.88. The topological polar surface area (TPSA) is 82.7 Å². The first-order valence-electron chi connectivity index (χ1n) is 11.2. The van der Waals surface area contributed by atoms with Gasteiger partial charge in [-0.25, -0.2) is 4.68 Å². The fourth-order valence-corrected chi connectivity index (χ4v) is 6.38. The maximum absolute atomic E-state index is 14.0. The van der Waals surface area contributed by atoms with Gasteiger partial charge >= 0.3 is 6.18 Å². The van der Waals surface area contributed by atoms with Gasteiger partial charge in [-0.3, -0.25) is 4.79 Å². The van der Waals surface area contributed by atoms with Gasteiger partial charge in [0.2, 0.25) is 0 Å². The molecule has 3 heterocycles. The highest BCUT2D eigenvalue weighted by Crippen LogP contribution is 2.46. The van der Waals surface area contributed by atoms with Gasteiger partial charge in [-0.2, -0.15) is 23.5 Å². The molecule has 1 aromatic carbocycles. The Hall–Kier alpha value is -3.03. The highest BCUT2D eigenvalue weighted by atomic mass is 35.5. The van der Waals surface area contributed by atoms with Gasteiger partial charge < -0.3 is 10.6 Å². The van der Waals surface area contributed by atoms with Crippen LogP contribution < -0.4 is 10.6 Å². The summed E-state index contributed by atoms with van der Waals surface area (Å²) in [6, 6.07) is 8.32. The van der Waals surface area contributed by atoms with Crippen LogP contribution in [0.4, 0.5) is 24.0 Å². The molecule has 5 rings (SSSR count). The Balaban J connectivity index is 1.49. The van der Waals surface area contributed by atoms with E-state index in [1.165, 1.54) is 11.3 Å². The minimum atomic E-state index is -4.59. The quantitative estimate of drug-likeness (QED) is 0.413. The molecule has 0 radical (unpaired) electrons. The van der Waals surface area contributed by atoms with Crippen molar-refractivity contribution in [2.75, 3.05) is 10.6 Å². The average molecular weight is 520 g/mol. The lowest BCUT2D eigenvalue weighted by molar-refractivity contribution is -0.173.